The van der Waals surface area contributed by atoms with E-state index >= 15 is 0 Å². The summed E-state index contributed by atoms with van der Waals surface area (Å²) in [5.74, 6) is 0.702. The summed E-state index contributed by atoms with van der Waals surface area (Å²) in [7, 11) is 0. The minimum absolute atomic E-state index is 0.227. The summed E-state index contributed by atoms with van der Waals surface area (Å²) in [4.78, 5) is 0. The second kappa shape index (κ2) is 5.18. The van der Waals surface area contributed by atoms with E-state index in [4.69, 9.17) is 0 Å². The third-order valence-corrected chi connectivity index (χ3v) is 3.97. The van der Waals surface area contributed by atoms with Gasteiger partial charge in [0.2, 0.25) is 0 Å². The first-order chi connectivity index (χ1) is 7.34. The molecular weight excluding hydrogens is 196 g/mol. The van der Waals surface area contributed by atoms with Crippen LogP contribution in [-0.4, -0.2) is 11.2 Å². The minimum Gasteiger partial charge on any atom is -0.393 e. The van der Waals surface area contributed by atoms with Crippen LogP contribution >= 0.6 is 0 Å². The normalized spacial score (nSPS) is 29.3. The van der Waals surface area contributed by atoms with Crippen LogP contribution in [0.3, 0.4) is 0 Å². The van der Waals surface area contributed by atoms with E-state index in [1.807, 2.05) is 6.92 Å². The Balaban J connectivity index is 2.73. The number of aliphatic hydroxyl groups is 1. The Labute approximate surface area is 100 Å². The molecule has 0 aliphatic heterocycles. The molecule has 0 aromatic rings. The fourth-order valence-corrected chi connectivity index (χ4v) is 2.48. The molecule has 0 amide bonds. The van der Waals surface area contributed by atoms with Crippen molar-refractivity contribution in [3.8, 4) is 0 Å². The molecule has 1 N–H and O–H groups in total. The molecule has 1 aliphatic rings. The minimum atomic E-state index is -0.267. The van der Waals surface area contributed by atoms with Gasteiger partial charge >= 0.3 is 0 Å². The predicted octanol–water partition coefficient (Wildman–Crippen LogP) is 3.94. The summed E-state index contributed by atoms with van der Waals surface area (Å²) in [6.45, 7) is 12.7. The Morgan fingerprint density at radius 2 is 2.06 bits per heavy atom. The van der Waals surface area contributed by atoms with Crippen LogP contribution in [0.25, 0.3) is 0 Å². The van der Waals surface area contributed by atoms with Gasteiger partial charge in [0, 0.05) is 5.92 Å². The van der Waals surface area contributed by atoms with Crippen LogP contribution in [0.1, 0.15) is 47.0 Å². The molecular formula is C15H26O. The number of hydrogen-bond donors (Lipinski definition) is 1. The molecule has 1 heteroatoms. The van der Waals surface area contributed by atoms with Crippen molar-refractivity contribution in [2.45, 2.75) is 53.1 Å². The molecule has 92 valence electrons. The summed E-state index contributed by atoms with van der Waals surface area (Å²) in [6, 6.07) is 0. The maximum atomic E-state index is 9.47. The van der Waals surface area contributed by atoms with Crippen molar-refractivity contribution < 1.29 is 5.11 Å². The molecule has 1 aliphatic carbocycles. The molecule has 3 unspecified atom stereocenters. The Bertz CT molecular complexity index is 273. The second-order valence-electron chi connectivity index (χ2n) is 5.96. The lowest BCUT2D eigenvalue weighted by atomic mass is 9.66. The quantitative estimate of drug-likeness (QED) is 0.717. The lowest BCUT2D eigenvalue weighted by Gasteiger charge is -2.38. The Hall–Kier alpha value is -0.560. The van der Waals surface area contributed by atoms with Crippen molar-refractivity contribution in [1.29, 1.82) is 0 Å². The van der Waals surface area contributed by atoms with Crippen LogP contribution in [0.4, 0.5) is 0 Å². The third kappa shape index (κ3) is 3.21. The zero-order valence-corrected chi connectivity index (χ0v) is 11.2. The van der Waals surface area contributed by atoms with Crippen LogP contribution in [0.15, 0.2) is 24.3 Å². The first-order valence-electron chi connectivity index (χ1n) is 6.38. The van der Waals surface area contributed by atoms with Gasteiger partial charge in [-0.15, -0.1) is 0 Å². The number of aliphatic hydroxyl groups excluding tert-OH is 1. The fourth-order valence-electron chi connectivity index (χ4n) is 2.48. The van der Waals surface area contributed by atoms with Crippen molar-refractivity contribution in [3.05, 3.63) is 24.3 Å². The van der Waals surface area contributed by atoms with E-state index < -0.39 is 0 Å². The lowest BCUT2D eigenvalue weighted by molar-refractivity contribution is 0.156. The molecule has 16 heavy (non-hydrogen) atoms. The molecule has 0 heterocycles. The van der Waals surface area contributed by atoms with E-state index in [1.54, 1.807) is 0 Å². The number of rotatable bonds is 3. The molecule has 0 aromatic heterocycles. The summed E-state index contributed by atoms with van der Waals surface area (Å²) >= 11 is 0. The van der Waals surface area contributed by atoms with Crippen molar-refractivity contribution >= 4 is 0 Å². The van der Waals surface area contributed by atoms with E-state index in [1.165, 1.54) is 18.4 Å². The van der Waals surface area contributed by atoms with Crippen molar-refractivity contribution in [3.63, 3.8) is 0 Å². The van der Waals surface area contributed by atoms with Gasteiger partial charge in [-0.05, 0) is 37.5 Å². The van der Waals surface area contributed by atoms with Gasteiger partial charge in [0.05, 0.1) is 6.10 Å². The van der Waals surface area contributed by atoms with Crippen LogP contribution in [0.5, 0.6) is 0 Å². The maximum absolute atomic E-state index is 9.47. The van der Waals surface area contributed by atoms with Gasteiger partial charge in [-0.25, -0.2) is 0 Å². The SMILES string of the molecule is C=C1CCCC(C)(C)C1C=CC(C)C(C)O. The highest BCUT2D eigenvalue weighted by Crippen LogP contribution is 2.43. The topological polar surface area (TPSA) is 20.2 Å². The molecule has 1 fully saturated rings. The van der Waals surface area contributed by atoms with E-state index in [9.17, 15) is 5.11 Å². The lowest BCUT2D eigenvalue weighted by Crippen LogP contribution is -2.28. The second-order valence-corrected chi connectivity index (χ2v) is 5.96. The molecule has 0 spiro atoms. The first-order valence-corrected chi connectivity index (χ1v) is 6.38. The molecule has 0 saturated heterocycles. The molecule has 0 bridgehead atoms. The molecule has 1 rings (SSSR count). The first kappa shape index (κ1) is 13.5. The van der Waals surface area contributed by atoms with Crippen molar-refractivity contribution in [2.75, 3.05) is 0 Å². The van der Waals surface area contributed by atoms with Gasteiger partial charge in [0.25, 0.3) is 0 Å². The van der Waals surface area contributed by atoms with Crippen LogP contribution < -0.4 is 0 Å². The molecule has 1 saturated carbocycles. The largest absolute Gasteiger partial charge is 0.393 e. The summed E-state index contributed by atoms with van der Waals surface area (Å²) in [5, 5.41) is 9.47. The molecule has 0 radical (unpaired) electrons. The van der Waals surface area contributed by atoms with Crippen molar-refractivity contribution in [2.24, 2.45) is 17.3 Å². The Morgan fingerprint density at radius 1 is 1.44 bits per heavy atom. The van der Waals surface area contributed by atoms with Crippen molar-refractivity contribution in [1.82, 2.24) is 0 Å². The van der Waals surface area contributed by atoms with E-state index in [2.05, 4.69) is 39.5 Å². The van der Waals surface area contributed by atoms with Crippen LogP contribution in [-0.2, 0) is 0 Å². The van der Waals surface area contributed by atoms with Crippen LogP contribution in [0.2, 0.25) is 0 Å². The summed E-state index contributed by atoms with van der Waals surface area (Å²) in [6.07, 6.45) is 7.83. The summed E-state index contributed by atoms with van der Waals surface area (Å²) in [5.41, 5.74) is 1.68. The van der Waals surface area contributed by atoms with Gasteiger partial charge in [-0.1, -0.05) is 45.1 Å². The Morgan fingerprint density at radius 3 is 2.56 bits per heavy atom. The van der Waals surface area contributed by atoms with Gasteiger partial charge in [0.15, 0.2) is 0 Å². The molecule has 0 aromatic carbocycles. The standard InChI is InChI=1S/C15H26O/c1-11(13(3)16)8-9-14-12(2)7-6-10-15(14,4)5/h8-9,11,13-14,16H,2,6-7,10H2,1,3-5H3. The van der Waals surface area contributed by atoms with Gasteiger partial charge < -0.3 is 5.11 Å². The highest BCUT2D eigenvalue weighted by atomic mass is 16.3. The van der Waals surface area contributed by atoms with E-state index in [0.29, 0.717) is 11.3 Å². The third-order valence-electron chi connectivity index (χ3n) is 3.97. The maximum Gasteiger partial charge on any atom is 0.0572 e. The highest BCUT2D eigenvalue weighted by Gasteiger charge is 2.32. The van der Waals surface area contributed by atoms with Gasteiger partial charge in [-0.3, -0.25) is 0 Å². The van der Waals surface area contributed by atoms with Crippen LogP contribution in [0, 0.1) is 17.3 Å². The average molecular weight is 222 g/mol. The van der Waals surface area contributed by atoms with E-state index in [0.717, 1.165) is 6.42 Å². The number of allylic oxidation sites excluding steroid dienone is 2. The zero-order valence-electron chi connectivity index (χ0n) is 11.2. The summed E-state index contributed by atoms with van der Waals surface area (Å²) < 4.78 is 0. The Kier molecular flexibility index (Phi) is 4.37. The molecule has 3 atom stereocenters. The molecule has 1 nitrogen and oxygen atoms in total. The number of hydrogen-bond acceptors (Lipinski definition) is 1. The fraction of sp³-hybridized carbons (Fsp3) is 0.733. The predicted molar refractivity (Wildman–Crippen MR) is 70.2 cm³/mol. The average Bonchev–Trinajstić information content (AvgIpc) is 2.15. The van der Waals surface area contributed by atoms with Gasteiger partial charge in [0.1, 0.15) is 0 Å². The van der Waals surface area contributed by atoms with E-state index in [-0.39, 0.29) is 12.0 Å². The smallest absolute Gasteiger partial charge is 0.0572 e. The zero-order chi connectivity index (χ0) is 12.3. The monoisotopic (exact) mass is 222 g/mol. The van der Waals surface area contributed by atoms with Gasteiger partial charge in [-0.2, -0.15) is 0 Å². The highest BCUT2D eigenvalue weighted by molar-refractivity contribution is 5.17.